The van der Waals surface area contributed by atoms with E-state index in [0.717, 1.165) is 6.42 Å². The first-order valence-corrected chi connectivity index (χ1v) is 9.63. The number of anilines is 1. The summed E-state index contributed by atoms with van der Waals surface area (Å²) in [5.41, 5.74) is 0.910. The van der Waals surface area contributed by atoms with Crippen LogP contribution in [0.5, 0.6) is 0 Å². The zero-order valence-electron chi connectivity index (χ0n) is 14.8. The first-order valence-electron chi connectivity index (χ1n) is 8.19. The van der Waals surface area contributed by atoms with Gasteiger partial charge in [0.15, 0.2) is 0 Å². The zero-order valence-corrected chi connectivity index (χ0v) is 15.6. The number of hydrogen-bond acceptors (Lipinski definition) is 4. The Morgan fingerprint density at radius 2 is 1.96 bits per heavy atom. The highest BCUT2D eigenvalue weighted by atomic mass is 32.2. The molecule has 7 heteroatoms. The summed E-state index contributed by atoms with van der Waals surface area (Å²) >= 11 is 0. The average molecular weight is 351 g/mol. The molecule has 1 aliphatic heterocycles. The van der Waals surface area contributed by atoms with E-state index in [4.69, 9.17) is 0 Å². The Labute approximate surface area is 144 Å². The van der Waals surface area contributed by atoms with E-state index >= 15 is 0 Å². The minimum Gasteiger partial charge on any atom is -0.350 e. The number of nitrogens with zero attached hydrogens (tertiary/aromatic N) is 2. The Kier molecular flexibility index (Phi) is 5.32. The lowest BCUT2D eigenvalue weighted by molar-refractivity contribution is 0.0939. The number of amides is 1. The molecule has 0 bridgehead atoms. The van der Waals surface area contributed by atoms with Gasteiger partial charge in [-0.05, 0) is 44.4 Å². The van der Waals surface area contributed by atoms with E-state index in [9.17, 15) is 13.2 Å². The number of fused-ring (bicyclic) bond motifs is 1. The quantitative estimate of drug-likeness (QED) is 0.885. The summed E-state index contributed by atoms with van der Waals surface area (Å²) in [6.07, 6.45) is 0.806. The Balaban J connectivity index is 2.46. The fourth-order valence-electron chi connectivity index (χ4n) is 2.54. The zero-order chi connectivity index (χ0) is 18.1. The highest BCUT2D eigenvalue weighted by molar-refractivity contribution is 7.90. The number of sulfonamides is 1. The van der Waals surface area contributed by atoms with Crippen LogP contribution in [0.4, 0.5) is 5.69 Å². The largest absolute Gasteiger partial charge is 0.350 e. The molecule has 1 atom stereocenters. The maximum absolute atomic E-state index is 12.4. The molecule has 0 saturated carbocycles. The Hall–Kier alpha value is -1.89. The molecule has 1 aromatic carbocycles. The molecule has 0 spiro atoms. The van der Waals surface area contributed by atoms with E-state index in [-0.39, 0.29) is 16.8 Å². The number of amidine groups is 1. The van der Waals surface area contributed by atoms with Gasteiger partial charge in [0.05, 0.1) is 5.69 Å². The number of hydrogen-bond donors (Lipinski definition) is 1. The number of carbonyl (C=O) groups excluding carboxylic acids is 1. The predicted molar refractivity (Wildman–Crippen MR) is 96.1 cm³/mol. The van der Waals surface area contributed by atoms with Crippen LogP contribution in [0.1, 0.15) is 51.4 Å². The van der Waals surface area contributed by atoms with Crippen LogP contribution in [0.25, 0.3) is 0 Å². The Morgan fingerprint density at radius 3 is 2.54 bits per heavy atom. The van der Waals surface area contributed by atoms with Crippen LogP contribution in [-0.4, -0.2) is 32.7 Å². The van der Waals surface area contributed by atoms with Crippen LogP contribution < -0.4 is 10.2 Å². The molecular weight excluding hydrogens is 326 g/mol. The van der Waals surface area contributed by atoms with Crippen molar-refractivity contribution in [2.75, 3.05) is 11.4 Å². The maximum Gasteiger partial charge on any atom is 0.286 e. The predicted octanol–water partition coefficient (Wildman–Crippen LogP) is 2.80. The van der Waals surface area contributed by atoms with Crippen molar-refractivity contribution < 1.29 is 13.2 Å². The summed E-state index contributed by atoms with van der Waals surface area (Å²) in [5, 5.41) is 2.85. The molecule has 24 heavy (non-hydrogen) atoms. The van der Waals surface area contributed by atoms with Crippen LogP contribution in [-0.2, 0) is 10.0 Å². The van der Waals surface area contributed by atoms with Gasteiger partial charge in [-0.2, -0.15) is 8.42 Å². The topological polar surface area (TPSA) is 78.8 Å². The highest BCUT2D eigenvalue weighted by Gasteiger charge is 2.30. The Morgan fingerprint density at radius 1 is 1.29 bits per heavy atom. The van der Waals surface area contributed by atoms with Crippen molar-refractivity contribution in [3.63, 3.8) is 0 Å². The molecule has 132 valence electrons. The summed E-state index contributed by atoms with van der Waals surface area (Å²) < 4.78 is 28.7. The van der Waals surface area contributed by atoms with Gasteiger partial charge >= 0.3 is 0 Å². The highest BCUT2D eigenvalue weighted by Crippen LogP contribution is 2.33. The lowest BCUT2D eigenvalue weighted by atomic mass is 10.1. The van der Waals surface area contributed by atoms with Crippen molar-refractivity contribution in [1.82, 2.24) is 5.32 Å². The monoisotopic (exact) mass is 351 g/mol. The van der Waals surface area contributed by atoms with E-state index in [1.54, 1.807) is 19.1 Å². The van der Waals surface area contributed by atoms with Gasteiger partial charge in [0.25, 0.3) is 15.9 Å². The summed E-state index contributed by atoms with van der Waals surface area (Å²) in [6, 6.07) is 4.81. The molecule has 1 aromatic rings. The first-order chi connectivity index (χ1) is 11.2. The van der Waals surface area contributed by atoms with Crippen LogP contribution in [0.15, 0.2) is 27.5 Å². The third-order valence-electron chi connectivity index (χ3n) is 3.97. The molecule has 6 nitrogen and oxygen atoms in total. The fraction of sp³-hybridized carbons (Fsp3) is 0.529. The molecule has 1 heterocycles. The Bertz CT molecular complexity index is 769. The van der Waals surface area contributed by atoms with Crippen molar-refractivity contribution in [2.45, 2.75) is 52.0 Å². The van der Waals surface area contributed by atoms with Crippen LogP contribution >= 0.6 is 0 Å². The second kappa shape index (κ2) is 6.93. The molecule has 0 saturated heterocycles. The van der Waals surface area contributed by atoms with Crippen molar-refractivity contribution in [3.05, 3.63) is 23.8 Å². The maximum atomic E-state index is 12.4. The molecule has 0 aliphatic carbocycles. The third kappa shape index (κ3) is 3.77. The van der Waals surface area contributed by atoms with Gasteiger partial charge in [-0.1, -0.05) is 20.8 Å². The molecule has 0 unspecified atom stereocenters. The van der Waals surface area contributed by atoms with Crippen LogP contribution in [0.3, 0.4) is 0 Å². The molecule has 0 aromatic heterocycles. The lowest BCUT2D eigenvalue weighted by Gasteiger charge is -2.31. The standard InChI is InChI=1S/C17H25N3O3S/c1-6-12(4)18-17(21)14-7-8-15-16(9-14)24(22,23)19-13(5)20(15)10-11(2)3/h7-9,11-12H,6,10H2,1-5H3,(H,18,21)/t12-/m0/s1. The SMILES string of the molecule is CC[C@H](C)NC(=O)c1ccc2c(c1)S(=O)(=O)N=C(C)N2CC(C)C. The summed E-state index contributed by atoms with van der Waals surface area (Å²) in [5.74, 6) is 0.522. The number of carbonyl (C=O) groups is 1. The molecule has 1 N–H and O–H groups in total. The fourth-order valence-corrected chi connectivity index (χ4v) is 3.80. The van der Waals surface area contributed by atoms with E-state index in [0.29, 0.717) is 29.5 Å². The number of benzene rings is 1. The van der Waals surface area contributed by atoms with Gasteiger partial charge in [-0.15, -0.1) is 4.40 Å². The van der Waals surface area contributed by atoms with E-state index in [1.165, 1.54) is 6.07 Å². The van der Waals surface area contributed by atoms with Gasteiger partial charge in [0, 0.05) is 18.2 Å². The van der Waals surface area contributed by atoms with Crippen LogP contribution in [0.2, 0.25) is 0 Å². The van der Waals surface area contributed by atoms with E-state index in [1.807, 2.05) is 18.7 Å². The van der Waals surface area contributed by atoms with Crippen molar-refractivity contribution in [3.8, 4) is 0 Å². The normalized spacial score (nSPS) is 17.2. The van der Waals surface area contributed by atoms with Crippen molar-refractivity contribution in [1.29, 1.82) is 0 Å². The first kappa shape index (κ1) is 18.4. The third-order valence-corrected chi connectivity index (χ3v) is 5.36. The molecule has 1 amide bonds. The van der Waals surface area contributed by atoms with Gasteiger partial charge in [-0.25, -0.2) is 0 Å². The summed E-state index contributed by atoms with van der Waals surface area (Å²) in [7, 11) is -3.78. The molecule has 2 rings (SSSR count). The molecule has 0 fully saturated rings. The molecular formula is C17H25N3O3S. The van der Waals surface area contributed by atoms with Crippen molar-refractivity contribution >= 4 is 27.5 Å². The van der Waals surface area contributed by atoms with E-state index < -0.39 is 10.0 Å². The second-order valence-corrected chi connectivity index (χ2v) is 8.16. The second-order valence-electron chi connectivity index (χ2n) is 6.58. The van der Waals surface area contributed by atoms with Gasteiger partial charge in [0.1, 0.15) is 10.7 Å². The van der Waals surface area contributed by atoms with Gasteiger partial charge in [-0.3, -0.25) is 4.79 Å². The summed E-state index contributed by atoms with van der Waals surface area (Å²) in [6.45, 7) is 10.4. The minimum atomic E-state index is -3.78. The lowest BCUT2D eigenvalue weighted by Crippen LogP contribution is -2.37. The van der Waals surface area contributed by atoms with Crippen molar-refractivity contribution in [2.24, 2.45) is 10.3 Å². The average Bonchev–Trinajstić information content (AvgIpc) is 2.50. The summed E-state index contributed by atoms with van der Waals surface area (Å²) in [4.78, 5) is 14.3. The number of nitrogens with one attached hydrogen (secondary N) is 1. The molecule has 0 radical (unpaired) electrons. The minimum absolute atomic E-state index is 0.0304. The molecule has 1 aliphatic rings. The number of rotatable bonds is 5. The van der Waals surface area contributed by atoms with E-state index in [2.05, 4.69) is 23.6 Å². The van der Waals surface area contributed by atoms with Gasteiger partial charge in [0.2, 0.25) is 0 Å². The van der Waals surface area contributed by atoms with Gasteiger partial charge < -0.3 is 10.2 Å². The van der Waals surface area contributed by atoms with Crippen LogP contribution in [0, 0.1) is 5.92 Å². The smallest absolute Gasteiger partial charge is 0.286 e.